The second-order valence-electron chi connectivity index (χ2n) is 3.93. The molecule has 0 aliphatic rings. The molecule has 0 aliphatic carbocycles. The summed E-state index contributed by atoms with van der Waals surface area (Å²) >= 11 is 5.22. The smallest absolute Gasteiger partial charge is 0.177 e. The van der Waals surface area contributed by atoms with Crippen LogP contribution in [-0.4, -0.2) is 36.5 Å². The number of methoxy groups -OCH3 is 1. The van der Waals surface area contributed by atoms with Crippen LogP contribution in [0.15, 0.2) is 6.20 Å². The van der Waals surface area contributed by atoms with Crippen LogP contribution in [0, 0.1) is 4.77 Å². The number of imidazole rings is 1. The van der Waals surface area contributed by atoms with Gasteiger partial charge in [0.1, 0.15) is 0 Å². The van der Waals surface area contributed by atoms with Crippen molar-refractivity contribution in [1.82, 2.24) is 9.55 Å². The minimum atomic E-state index is 0.465. The van der Waals surface area contributed by atoms with Crippen molar-refractivity contribution in [2.24, 2.45) is 0 Å². The monoisotopic (exact) mass is 244 g/mol. The number of rotatable bonds is 7. The zero-order valence-corrected chi connectivity index (χ0v) is 11.0. The number of nitrogens with zero attached hydrogens (tertiary/aromatic N) is 1. The van der Waals surface area contributed by atoms with Crippen LogP contribution in [0.5, 0.6) is 0 Å². The van der Waals surface area contributed by atoms with Gasteiger partial charge >= 0.3 is 0 Å². The first-order valence-electron chi connectivity index (χ1n) is 5.51. The zero-order valence-electron chi connectivity index (χ0n) is 10.2. The molecule has 5 heteroatoms. The third-order valence-electron chi connectivity index (χ3n) is 2.38. The van der Waals surface area contributed by atoms with Crippen molar-refractivity contribution in [3.63, 3.8) is 0 Å². The highest BCUT2D eigenvalue weighted by molar-refractivity contribution is 7.71. The number of aromatic amines is 1. The lowest BCUT2D eigenvalue weighted by molar-refractivity contribution is 0.0661. The number of hydrogen-bond donors (Lipinski definition) is 1. The number of hydrogen-bond acceptors (Lipinski definition) is 3. The molecule has 0 saturated carbocycles. The molecule has 0 bridgehead atoms. The molecule has 0 amide bonds. The van der Waals surface area contributed by atoms with Crippen molar-refractivity contribution in [2.45, 2.75) is 26.3 Å². The molecule has 16 heavy (non-hydrogen) atoms. The van der Waals surface area contributed by atoms with Gasteiger partial charge in [0, 0.05) is 25.5 Å². The van der Waals surface area contributed by atoms with Gasteiger partial charge in [-0.3, -0.25) is 0 Å². The van der Waals surface area contributed by atoms with Crippen LogP contribution in [0.2, 0.25) is 0 Å². The van der Waals surface area contributed by atoms with Crippen molar-refractivity contribution in [2.75, 3.05) is 26.9 Å². The molecule has 1 aromatic rings. The summed E-state index contributed by atoms with van der Waals surface area (Å²) in [5.41, 5.74) is 1.22. The first-order valence-corrected chi connectivity index (χ1v) is 5.92. The second kappa shape index (κ2) is 6.83. The molecule has 0 spiro atoms. The predicted octanol–water partition coefficient (Wildman–Crippen LogP) is 2.33. The largest absolute Gasteiger partial charge is 0.382 e. The lowest BCUT2D eigenvalue weighted by atomic mass is 10.1. The summed E-state index contributed by atoms with van der Waals surface area (Å²) in [6.07, 6.45) is 1.97. The molecule has 0 aliphatic heterocycles. The Morgan fingerprint density at radius 1 is 1.38 bits per heavy atom. The van der Waals surface area contributed by atoms with Crippen molar-refractivity contribution < 1.29 is 9.47 Å². The number of aromatic nitrogens is 2. The normalized spacial score (nSPS) is 11.2. The fourth-order valence-electron chi connectivity index (χ4n) is 1.52. The highest BCUT2D eigenvalue weighted by atomic mass is 32.1. The van der Waals surface area contributed by atoms with Gasteiger partial charge in [-0.2, -0.15) is 0 Å². The van der Waals surface area contributed by atoms with E-state index in [9.17, 15) is 0 Å². The van der Waals surface area contributed by atoms with Crippen molar-refractivity contribution in [3.8, 4) is 0 Å². The van der Waals surface area contributed by atoms with Crippen LogP contribution < -0.4 is 0 Å². The Morgan fingerprint density at radius 3 is 2.75 bits per heavy atom. The Morgan fingerprint density at radius 2 is 2.12 bits per heavy atom. The van der Waals surface area contributed by atoms with Crippen LogP contribution in [0.1, 0.15) is 25.5 Å². The van der Waals surface area contributed by atoms with Gasteiger partial charge in [-0.1, -0.05) is 13.8 Å². The Bertz CT molecular complexity index is 357. The van der Waals surface area contributed by atoms with E-state index in [0.717, 1.165) is 11.3 Å². The van der Waals surface area contributed by atoms with Gasteiger partial charge in [-0.05, 0) is 18.1 Å². The molecule has 0 unspecified atom stereocenters. The molecule has 1 aromatic heterocycles. The van der Waals surface area contributed by atoms with Gasteiger partial charge in [0.2, 0.25) is 0 Å². The third-order valence-corrected chi connectivity index (χ3v) is 2.72. The van der Waals surface area contributed by atoms with Gasteiger partial charge in [0.15, 0.2) is 4.77 Å². The van der Waals surface area contributed by atoms with Crippen LogP contribution in [-0.2, 0) is 16.0 Å². The fraction of sp³-hybridized carbons (Fsp3) is 0.727. The standard InChI is InChI=1S/C11H20N2O2S/c1-9(2)10-8-12-11(16)13(10)4-5-15-7-6-14-3/h8-9H,4-7H2,1-3H3,(H,12,16). The molecule has 0 saturated heterocycles. The van der Waals surface area contributed by atoms with E-state index in [1.165, 1.54) is 5.69 Å². The number of ether oxygens (including phenoxy) is 2. The van der Waals surface area contributed by atoms with Gasteiger partial charge in [-0.25, -0.2) is 0 Å². The maximum atomic E-state index is 5.43. The summed E-state index contributed by atoms with van der Waals surface area (Å²) in [4.78, 5) is 3.07. The van der Waals surface area contributed by atoms with Crippen molar-refractivity contribution in [3.05, 3.63) is 16.7 Å². The molecule has 1 rings (SSSR count). The third kappa shape index (κ3) is 3.73. The Hall–Kier alpha value is -0.650. The second-order valence-corrected chi connectivity index (χ2v) is 4.32. The van der Waals surface area contributed by atoms with E-state index in [2.05, 4.69) is 23.4 Å². The SMILES string of the molecule is COCCOCCn1c(C(C)C)c[nH]c1=S. The quantitative estimate of drug-likeness (QED) is 0.591. The fourth-order valence-corrected chi connectivity index (χ4v) is 1.77. The summed E-state index contributed by atoms with van der Waals surface area (Å²) in [5, 5.41) is 0. The summed E-state index contributed by atoms with van der Waals surface area (Å²) in [6.45, 7) is 7.02. The highest BCUT2D eigenvalue weighted by Gasteiger charge is 2.07. The van der Waals surface area contributed by atoms with E-state index in [-0.39, 0.29) is 0 Å². The molecule has 0 radical (unpaired) electrons. The van der Waals surface area contributed by atoms with Gasteiger partial charge in [0.05, 0.1) is 19.8 Å². The lowest BCUT2D eigenvalue weighted by Crippen LogP contribution is -2.12. The first-order chi connectivity index (χ1) is 7.66. The molecule has 1 heterocycles. The van der Waals surface area contributed by atoms with Crippen LogP contribution in [0.3, 0.4) is 0 Å². The molecule has 0 atom stereocenters. The van der Waals surface area contributed by atoms with E-state index in [4.69, 9.17) is 21.7 Å². The first kappa shape index (κ1) is 13.4. The maximum absolute atomic E-state index is 5.43. The Kier molecular flexibility index (Phi) is 5.73. The topological polar surface area (TPSA) is 39.2 Å². The number of nitrogens with one attached hydrogen (secondary N) is 1. The molecule has 4 nitrogen and oxygen atoms in total. The minimum Gasteiger partial charge on any atom is -0.382 e. The lowest BCUT2D eigenvalue weighted by Gasteiger charge is -2.11. The van der Waals surface area contributed by atoms with E-state index in [1.54, 1.807) is 7.11 Å². The minimum absolute atomic E-state index is 0.465. The Balaban J connectivity index is 2.46. The predicted molar refractivity (Wildman–Crippen MR) is 66.4 cm³/mol. The van der Waals surface area contributed by atoms with Gasteiger partial charge in [0.25, 0.3) is 0 Å². The zero-order chi connectivity index (χ0) is 12.0. The average Bonchev–Trinajstić information content (AvgIpc) is 2.60. The number of H-pyrrole nitrogens is 1. The molecule has 0 aromatic carbocycles. The van der Waals surface area contributed by atoms with E-state index < -0.39 is 0 Å². The highest BCUT2D eigenvalue weighted by Crippen LogP contribution is 2.14. The van der Waals surface area contributed by atoms with E-state index >= 15 is 0 Å². The maximum Gasteiger partial charge on any atom is 0.177 e. The summed E-state index contributed by atoms with van der Waals surface area (Å²) < 4.78 is 13.2. The Labute approximate surface area is 102 Å². The van der Waals surface area contributed by atoms with Gasteiger partial charge < -0.3 is 19.0 Å². The van der Waals surface area contributed by atoms with Crippen molar-refractivity contribution >= 4 is 12.2 Å². The van der Waals surface area contributed by atoms with Crippen LogP contribution in [0.25, 0.3) is 0 Å². The summed E-state index contributed by atoms with van der Waals surface area (Å²) in [5.74, 6) is 0.465. The molecule has 92 valence electrons. The average molecular weight is 244 g/mol. The summed E-state index contributed by atoms with van der Waals surface area (Å²) in [7, 11) is 1.67. The molecular formula is C11H20N2O2S. The summed E-state index contributed by atoms with van der Waals surface area (Å²) in [6, 6.07) is 0. The van der Waals surface area contributed by atoms with Crippen LogP contribution >= 0.6 is 12.2 Å². The van der Waals surface area contributed by atoms with Gasteiger partial charge in [-0.15, -0.1) is 0 Å². The molecule has 1 N–H and O–H groups in total. The molecule has 0 fully saturated rings. The van der Waals surface area contributed by atoms with Crippen LogP contribution in [0.4, 0.5) is 0 Å². The molecular weight excluding hydrogens is 224 g/mol. The van der Waals surface area contributed by atoms with E-state index in [1.807, 2.05) is 6.20 Å². The van der Waals surface area contributed by atoms with Crippen molar-refractivity contribution in [1.29, 1.82) is 0 Å². The van der Waals surface area contributed by atoms with E-state index in [0.29, 0.717) is 25.7 Å².